The number of carboxylic acid groups (broad SMARTS) is 1. The Kier molecular flexibility index (Phi) is 4.31. The van der Waals surface area contributed by atoms with Gasteiger partial charge in [0.25, 0.3) is 6.47 Å². The molecule has 4 nitrogen and oxygen atoms in total. The quantitative estimate of drug-likeness (QED) is 0.292. The van der Waals surface area contributed by atoms with Crippen molar-refractivity contribution in [3.05, 3.63) is 24.3 Å². The molecule has 1 aromatic rings. The van der Waals surface area contributed by atoms with Crippen LogP contribution in [0.25, 0.3) is 0 Å². The summed E-state index contributed by atoms with van der Waals surface area (Å²) in [6.07, 6.45) is 0. The molecule has 0 atom stereocenters. The minimum Gasteiger partial charge on any atom is -0.508 e. The van der Waals surface area contributed by atoms with Gasteiger partial charge < -0.3 is 15.9 Å². The first kappa shape index (κ1) is 9.29. The molecular weight excluding hydrogens is 146 g/mol. The Balaban J connectivity index is 0.000000292. The largest absolute Gasteiger partial charge is 0.508 e. The van der Waals surface area contributed by atoms with Crippen LogP contribution in [0.4, 0.5) is 5.69 Å². The van der Waals surface area contributed by atoms with Crippen molar-refractivity contribution in [3.63, 3.8) is 0 Å². The van der Waals surface area contributed by atoms with Crippen molar-refractivity contribution in [3.8, 4) is 5.75 Å². The summed E-state index contributed by atoms with van der Waals surface area (Å²) in [5, 5.41) is 15.6. The van der Waals surface area contributed by atoms with Gasteiger partial charge in [0.1, 0.15) is 5.75 Å². The molecule has 0 amide bonds. The molecule has 0 bridgehead atoms. The van der Waals surface area contributed by atoms with E-state index < -0.39 is 0 Å². The Labute approximate surface area is 63.9 Å². The molecule has 1 aromatic carbocycles. The molecule has 0 aromatic heterocycles. The fourth-order valence-corrected chi connectivity index (χ4v) is 0.474. The average Bonchev–Trinajstić information content (AvgIpc) is 1.97. The van der Waals surface area contributed by atoms with Gasteiger partial charge in [-0.25, -0.2) is 0 Å². The first-order valence-corrected chi connectivity index (χ1v) is 2.83. The summed E-state index contributed by atoms with van der Waals surface area (Å²) in [6.45, 7) is -0.250. The van der Waals surface area contributed by atoms with Crippen molar-refractivity contribution in [1.29, 1.82) is 0 Å². The number of phenolic OH excluding ortho intramolecular Hbond substituents is 1. The van der Waals surface area contributed by atoms with E-state index in [0.29, 0.717) is 5.69 Å². The number of rotatable bonds is 0. The van der Waals surface area contributed by atoms with E-state index in [-0.39, 0.29) is 12.2 Å². The van der Waals surface area contributed by atoms with Crippen molar-refractivity contribution < 1.29 is 15.0 Å². The number of aromatic hydroxyl groups is 1. The molecular formula is C7H9NO3. The topological polar surface area (TPSA) is 83.5 Å². The third-order valence-electron chi connectivity index (χ3n) is 0.893. The third kappa shape index (κ3) is 4.77. The number of anilines is 1. The van der Waals surface area contributed by atoms with Crippen LogP contribution in [-0.4, -0.2) is 16.7 Å². The van der Waals surface area contributed by atoms with E-state index in [0.717, 1.165) is 0 Å². The third-order valence-corrected chi connectivity index (χ3v) is 0.893. The van der Waals surface area contributed by atoms with Crippen molar-refractivity contribution in [1.82, 2.24) is 0 Å². The number of nitrogens with two attached hydrogens (primary N) is 1. The minimum atomic E-state index is -0.250. The van der Waals surface area contributed by atoms with E-state index in [2.05, 4.69) is 0 Å². The summed E-state index contributed by atoms with van der Waals surface area (Å²) < 4.78 is 0. The average molecular weight is 155 g/mol. The molecule has 0 heterocycles. The number of hydrogen-bond donors (Lipinski definition) is 3. The molecule has 11 heavy (non-hydrogen) atoms. The normalized spacial score (nSPS) is 7.64. The number of carbonyl (C=O) groups is 1. The molecule has 4 N–H and O–H groups in total. The highest BCUT2D eigenvalue weighted by molar-refractivity contribution is 5.40. The van der Waals surface area contributed by atoms with Crippen LogP contribution >= 0.6 is 0 Å². The number of hydrogen-bond acceptors (Lipinski definition) is 3. The predicted molar refractivity (Wildman–Crippen MR) is 41.2 cm³/mol. The van der Waals surface area contributed by atoms with Gasteiger partial charge >= 0.3 is 0 Å². The fourth-order valence-electron chi connectivity index (χ4n) is 0.474. The summed E-state index contributed by atoms with van der Waals surface area (Å²) in [5.74, 6) is 0.249. The van der Waals surface area contributed by atoms with Gasteiger partial charge in [0, 0.05) is 5.69 Å². The second-order valence-electron chi connectivity index (χ2n) is 1.70. The van der Waals surface area contributed by atoms with Crippen LogP contribution in [0.5, 0.6) is 5.75 Å². The standard InChI is InChI=1S/C6H7NO.CH2O2/c7-5-1-3-6(8)4-2-5;2-1-3/h1-4,8H,7H2;1H,(H,2,3). The molecule has 0 aliphatic rings. The second-order valence-corrected chi connectivity index (χ2v) is 1.70. The van der Waals surface area contributed by atoms with Gasteiger partial charge in [-0.05, 0) is 24.3 Å². The lowest BCUT2D eigenvalue weighted by Gasteiger charge is -1.89. The Morgan fingerprint density at radius 1 is 1.27 bits per heavy atom. The van der Waals surface area contributed by atoms with Gasteiger partial charge in [0.05, 0.1) is 0 Å². The van der Waals surface area contributed by atoms with Crippen LogP contribution in [0.15, 0.2) is 24.3 Å². The maximum atomic E-state index is 8.70. The van der Waals surface area contributed by atoms with Crippen molar-refractivity contribution in [2.75, 3.05) is 5.73 Å². The van der Waals surface area contributed by atoms with Gasteiger partial charge in [-0.1, -0.05) is 0 Å². The summed E-state index contributed by atoms with van der Waals surface area (Å²) in [7, 11) is 0. The van der Waals surface area contributed by atoms with Gasteiger partial charge in [-0.15, -0.1) is 0 Å². The smallest absolute Gasteiger partial charge is 0.290 e. The minimum absolute atomic E-state index is 0.249. The van der Waals surface area contributed by atoms with E-state index in [9.17, 15) is 0 Å². The van der Waals surface area contributed by atoms with Crippen molar-refractivity contribution >= 4 is 12.2 Å². The molecule has 0 radical (unpaired) electrons. The highest BCUT2D eigenvalue weighted by Gasteiger charge is 1.82. The first-order chi connectivity index (χ1) is 5.20. The van der Waals surface area contributed by atoms with Crippen LogP contribution in [0.3, 0.4) is 0 Å². The summed E-state index contributed by atoms with van der Waals surface area (Å²) in [6, 6.07) is 6.40. The number of phenols is 1. The van der Waals surface area contributed by atoms with Gasteiger partial charge in [0.15, 0.2) is 0 Å². The summed E-state index contributed by atoms with van der Waals surface area (Å²) in [5.41, 5.74) is 5.98. The lowest BCUT2D eigenvalue weighted by molar-refractivity contribution is -0.122. The molecule has 0 aliphatic heterocycles. The monoisotopic (exact) mass is 155 g/mol. The van der Waals surface area contributed by atoms with E-state index in [1.54, 1.807) is 24.3 Å². The molecule has 1 rings (SSSR count). The number of benzene rings is 1. The van der Waals surface area contributed by atoms with Crippen LogP contribution in [0.2, 0.25) is 0 Å². The second kappa shape index (κ2) is 5.10. The molecule has 0 saturated carbocycles. The summed E-state index contributed by atoms with van der Waals surface area (Å²) in [4.78, 5) is 8.36. The number of nitrogen functional groups attached to an aromatic ring is 1. The Morgan fingerprint density at radius 3 is 1.91 bits per heavy atom. The lowest BCUT2D eigenvalue weighted by atomic mass is 10.3. The zero-order chi connectivity index (χ0) is 8.69. The van der Waals surface area contributed by atoms with Crippen LogP contribution in [0.1, 0.15) is 0 Å². The maximum Gasteiger partial charge on any atom is 0.290 e. The van der Waals surface area contributed by atoms with Gasteiger partial charge in [-0.2, -0.15) is 0 Å². The fraction of sp³-hybridized carbons (Fsp3) is 0. The van der Waals surface area contributed by atoms with E-state index in [1.807, 2.05) is 0 Å². The Hall–Kier alpha value is -1.71. The SMILES string of the molecule is Nc1ccc(O)cc1.O=CO. The molecule has 0 unspecified atom stereocenters. The van der Waals surface area contributed by atoms with E-state index >= 15 is 0 Å². The Morgan fingerprint density at radius 2 is 1.64 bits per heavy atom. The summed E-state index contributed by atoms with van der Waals surface area (Å²) >= 11 is 0. The molecule has 0 aliphatic carbocycles. The van der Waals surface area contributed by atoms with E-state index in [4.69, 9.17) is 20.7 Å². The highest BCUT2D eigenvalue weighted by atomic mass is 16.3. The van der Waals surface area contributed by atoms with E-state index in [1.165, 1.54) is 0 Å². The Bertz CT molecular complexity index is 186. The maximum absolute atomic E-state index is 8.70. The molecule has 60 valence electrons. The van der Waals surface area contributed by atoms with Gasteiger partial charge in [0.2, 0.25) is 0 Å². The zero-order valence-corrected chi connectivity index (χ0v) is 5.77. The molecule has 0 fully saturated rings. The highest BCUT2D eigenvalue weighted by Crippen LogP contribution is 2.09. The van der Waals surface area contributed by atoms with Crippen LogP contribution < -0.4 is 5.73 Å². The van der Waals surface area contributed by atoms with Crippen molar-refractivity contribution in [2.45, 2.75) is 0 Å². The van der Waals surface area contributed by atoms with Crippen LogP contribution in [-0.2, 0) is 4.79 Å². The first-order valence-electron chi connectivity index (χ1n) is 2.83. The predicted octanol–water partition coefficient (Wildman–Crippen LogP) is 0.675. The molecule has 4 heteroatoms. The van der Waals surface area contributed by atoms with Crippen molar-refractivity contribution in [2.24, 2.45) is 0 Å². The molecule has 0 spiro atoms. The van der Waals surface area contributed by atoms with Gasteiger partial charge in [-0.3, -0.25) is 4.79 Å². The lowest BCUT2D eigenvalue weighted by Crippen LogP contribution is -1.80. The van der Waals surface area contributed by atoms with Crippen LogP contribution in [0, 0.1) is 0 Å². The molecule has 0 saturated heterocycles. The zero-order valence-electron chi connectivity index (χ0n) is 5.77.